The first-order valence-corrected chi connectivity index (χ1v) is 8.84. The summed E-state index contributed by atoms with van der Waals surface area (Å²) in [7, 11) is 0. The van der Waals surface area contributed by atoms with Gasteiger partial charge >= 0.3 is 5.91 Å². The summed E-state index contributed by atoms with van der Waals surface area (Å²) in [6.07, 6.45) is 1.95. The van der Waals surface area contributed by atoms with Crippen molar-refractivity contribution < 1.29 is 27.0 Å². The predicted octanol–water partition coefficient (Wildman–Crippen LogP) is -1.72. The van der Waals surface area contributed by atoms with Crippen LogP contribution in [-0.2, 0) is 9.59 Å². The molecule has 3 aromatic carbocycles. The first kappa shape index (κ1) is 19.5. The minimum Gasteiger partial charge on any atom is -1.00 e. The van der Waals surface area contributed by atoms with Crippen LogP contribution in [0.1, 0.15) is 17.5 Å². The molecule has 0 saturated carbocycles. The fraction of sp³-hybridized carbons (Fsp3) is 0.0417. The zero-order valence-electron chi connectivity index (χ0n) is 15.1. The van der Waals surface area contributed by atoms with Crippen molar-refractivity contribution in [3.63, 3.8) is 0 Å². The van der Waals surface area contributed by atoms with Crippen molar-refractivity contribution in [2.24, 2.45) is 0 Å². The molecule has 1 amide bonds. The maximum absolute atomic E-state index is 13.2. The van der Waals surface area contributed by atoms with Gasteiger partial charge in [0.1, 0.15) is 0 Å². The molecule has 0 radical (unpaired) electrons. The Morgan fingerprint density at radius 3 is 2.14 bits per heavy atom. The van der Waals surface area contributed by atoms with Crippen molar-refractivity contribution in [2.75, 3.05) is 0 Å². The third kappa shape index (κ3) is 4.00. The van der Waals surface area contributed by atoms with E-state index in [2.05, 4.69) is 4.99 Å². The molecule has 0 saturated heterocycles. The minimum absolute atomic E-state index is 0. The molecule has 1 aliphatic rings. The van der Waals surface area contributed by atoms with Crippen LogP contribution in [0.2, 0.25) is 0 Å². The fourth-order valence-corrected chi connectivity index (χ4v) is 3.27. The maximum Gasteiger partial charge on any atom is 0.415 e. The van der Waals surface area contributed by atoms with Crippen molar-refractivity contribution >= 4 is 28.9 Å². The second-order valence-electron chi connectivity index (χ2n) is 6.41. The number of carbonyl (C=O) groups is 2. The molecule has 0 fully saturated rings. The summed E-state index contributed by atoms with van der Waals surface area (Å²) in [5.41, 5.74) is 2.92. The quantitative estimate of drug-likeness (QED) is 0.418. The van der Waals surface area contributed by atoms with Gasteiger partial charge in [0, 0.05) is 18.1 Å². The van der Waals surface area contributed by atoms with Crippen LogP contribution in [0.15, 0.2) is 84.9 Å². The van der Waals surface area contributed by atoms with Crippen LogP contribution >= 0.6 is 0 Å². The van der Waals surface area contributed by atoms with Crippen molar-refractivity contribution in [1.29, 1.82) is 0 Å². The number of rotatable bonds is 5. The number of para-hydroxylation sites is 1. The lowest BCUT2D eigenvalue weighted by atomic mass is 9.94. The number of hydrogen-bond donors (Lipinski definition) is 1. The van der Waals surface area contributed by atoms with Gasteiger partial charge in [-0.2, -0.15) is 4.99 Å². The monoisotopic (exact) mass is 387 g/mol. The molecule has 4 heteroatoms. The summed E-state index contributed by atoms with van der Waals surface area (Å²) in [5.74, 6) is -0.274. The van der Waals surface area contributed by atoms with Crippen LogP contribution in [-0.4, -0.2) is 11.7 Å². The summed E-state index contributed by atoms with van der Waals surface area (Å²) >= 11 is 0. The van der Waals surface area contributed by atoms with E-state index in [9.17, 15) is 9.59 Å². The molecule has 3 nitrogen and oxygen atoms in total. The summed E-state index contributed by atoms with van der Waals surface area (Å²) in [5, 5.41) is 1.57. The lowest BCUT2D eigenvalue weighted by Gasteiger charge is -2.07. The Kier molecular flexibility index (Phi) is 5.97. The molecule has 1 N–H and O–H groups in total. The highest BCUT2D eigenvalue weighted by Crippen LogP contribution is 2.22. The van der Waals surface area contributed by atoms with Gasteiger partial charge in [-0.3, -0.25) is 4.79 Å². The van der Waals surface area contributed by atoms with E-state index in [4.69, 9.17) is 0 Å². The van der Waals surface area contributed by atoms with Gasteiger partial charge in [0.15, 0.2) is 5.78 Å². The number of fused-ring (bicyclic) bond motifs is 1. The molecule has 138 valence electrons. The predicted molar refractivity (Wildman–Crippen MR) is 105 cm³/mol. The summed E-state index contributed by atoms with van der Waals surface area (Å²) < 4.78 is 0. The van der Waals surface area contributed by atoms with E-state index in [1.807, 2.05) is 91.0 Å². The molecular formula is C24H18ClNO2. The molecule has 3 aromatic rings. The highest BCUT2D eigenvalue weighted by molar-refractivity contribution is 6.30. The molecule has 0 aromatic heterocycles. The van der Waals surface area contributed by atoms with Gasteiger partial charge < -0.3 is 12.4 Å². The van der Waals surface area contributed by atoms with Crippen molar-refractivity contribution in [3.05, 3.63) is 107 Å². The Morgan fingerprint density at radius 1 is 0.821 bits per heavy atom. The minimum atomic E-state index is -0.198. The number of allylic oxidation sites excluding steroid dienone is 1. The third-order valence-corrected chi connectivity index (χ3v) is 4.61. The zero-order valence-corrected chi connectivity index (χ0v) is 15.8. The van der Waals surface area contributed by atoms with Crippen LogP contribution in [0, 0.1) is 0 Å². The lowest BCUT2D eigenvalue weighted by Crippen LogP contribution is -3.00. The van der Waals surface area contributed by atoms with Crippen LogP contribution < -0.4 is 28.0 Å². The van der Waals surface area contributed by atoms with Gasteiger partial charge in [-0.25, -0.2) is 4.79 Å². The Bertz CT molecular complexity index is 1170. The average Bonchev–Trinajstić information content (AvgIpc) is 3.03. The molecule has 1 heterocycles. The van der Waals surface area contributed by atoms with Gasteiger partial charge in [0.2, 0.25) is 5.36 Å². The molecule has 1 aliphatic heterocycles. The van der Waals surface area contributed by atoms with E-state index in [1.165, 1.54) is 0 Å². The number of Topliss-reactive ketones (excluding diaryl/α,β-unsaturated/α-hetero) is 1. The highest BCUT2D eigenvalue weighted by Gasteiger charge is 2.26. The number of nitrogens with one attached hydrogen (secondary N) is 1. The van der Waals surface area contributed by atoms with Crippen LogP contribution in [0.5, 0.6) is 0 Å². The number of hydrogen-bond acceptors (Lipinski definition) is 2. The largest absolute Gasteiger partial charge is 1.00 e. The van der Waals surface area contributed by atoms with Gasteiger partial charge in [-0.05, 0) is 23.3 Å². The summed E-state index contributed by atoms with van der Waals surface area (Å²) in [4.78, 5) is 28.4. The zero-order chi connectivity index (χ0) is 18.6. The van der Waals surface area contributed by atoms with E-state index in [0.717, 1.165) is 21.7 Å². The summed E-state index contributed by atoms with van der Waals surface area (Å²) in [6, 6.07) is 26.8. The van der Waals surface area contributed by atoms with E-state index in [0.29, 0.717) is 11.1 Å². The van der Waals surface area contributed by atoms with E-state index in [-0.39, 0.29) is 30.5 Å². The van der Waals surface area contributed by atoms with Gasteiger partial charge in [-0.1, -0.05) is 72.8 Å². The molecule has 0 unspecified atom stereocenters. The fourth-order valence-electron chi connectivity index (χ4n) is 3.27. The Hall–Kier alpha value is -3.30. The van der Waals surface area contributed by atoms with Crippen LogP contribution in [0.4, 0.5) is 0 Å². The molecule has 28 heavy (non-hydrogen) atoms. The Balaban J connectivity index is 0.00000225. The number of amides is 1. The van der Waals surface area contributed by atoms with Crippen LogP contribution in [0.25, 0.3) is 17.2 Å². The van der Waals surface area contributed by atoms with E-state index < -0.39 is 0 Å². The van der Waals surface area contributed by atoms with Crippen LogP contribution in [0.3, 0.4) is 0 Å². The highest BCUT2D eigenvalue weighted by atomic mass is 35.5. The van der Waals surface area contributed by atoms with Gasteiger partial charge in [-0.15, -0.1) is 0 Å². The lowest BCUT2D eigenvalue weighted by molar-refractivity contribution is -0.407. The first-order valence-electron chi connectivity index (χ1n) is 8.84. The van der Waals surface area contributed by atoms with E-state index in [1.54, 1.807) is 0 Å². The average molecular weight is 388 g/mol. The second-order valence-corrected chi connectivity index (χ2v) is 6.41. The third-order valence-electron chi connectivity index (χ3n) is 4.61. The number of benzene rings is 3. The molecule has 0 atom stereocenters. The maximum atomic E-state index is 13.2. The Morgan fingerprint density at radius 2 is 1.43 bits per heavy atom. The number of halogens is 1. The molecule has 0 bridgehead atoms. The molecular weight excluding hydrogens is 370 g/mol. The normalized spacial score (nSPS) is 12.8. The second kappa shape index (κ2) is 8.59. The van der Waals surface area contributed by atoms with Gasteiger partial charge in [0.05, 0.1) is 10.8 Å². The topological polar surface area (TPSA) is 48.1 Å². The van der Waals surface area contributed by atoms with Crippen molar-refractivity contribution in [2.45, 2.75) is 6.42 Å². The molecule has 0 aliphatic carbocycles. The van der Waals surface area contributed by atoms with Gasteiger partial charge in [0.25, 0.3) is 0 Å². The van der Waals surface area contributed by atoms with E-state index >= 15 is 0 Å². The molecule has 0 spiro atoms. The number of carbonyl (C=O) groups excluding carboxylic acids is 2. The molecule has 4 rings (SSSR count). The SMILES string of the molecule is O=C1[NH+]=c2ccccc2=C1CC(=O)/C(=C/c1ccccc1)c1ccccc1.[Cl-]. The smallest absolute Gasteiger partial charge is 0.415 e. The number of ketones is 1. The van der Waals surface area contributed by atoms with Crippen molar-refractivity contribution in [3.8, 4) is 0 Å². The first-order chi connectivity index (χ1) is 13.2. The Labute approximate surface area is 169 Å². The van der Waals surface area contributed by atoms with Crippen molar-refractivity contribution in [1.82, 2.24) is 0 Å². The summed E-state index contributed by atoms with van der Waals surface area (Å²) in [6.45, 7) is 0. The standard InChI is InChI=1S/C24H17NO2.ClH/c26-23(16-21-19-13-7-8-14-22(19)25-24(21)27)20(18-11-5-2-6-12-18)15-17-9-3-1-4-10-17;/h1-15H,16H2;1H/b20-15+;.